The van der Waals surface area contributed by atoms with Crippen LogP contribution in [0.5, 0.6) is 0 Å². The van der Waals surface area contributed by atoms with Crippen molar-refractivity contribution >= 4 is 12.1 Å². The zero-order chi connectivity index (χ0) is 16.6. The predicted octanol–water partition coefficient (Wildman–Crippen LogP) is 2.17. The summed E-state index contributed by atoms with van der Waals surface area (Å²) in [5.41, 5.74) is -1.22. The highest BCUT2D eigenvalue weighted by atomic mass is 16.6. The van der Waals surface area contributed by atoms with Gasteiger partial charge in [0.1, 0.15) is 11.8 Å². The van der Waals surface area contributed by atoms with Gasteiger partial charge < -0.3 is 14.2 Å². The zero-order valence-electron chi connectivity index (χ0n) is 14.3. The van der Waals surface area contributed by atoms with Crippen LogP contribution in [0.1, 0.15) is 42.9 Å². The number of carbonyl (C=O) groups is 2. The molecule has 1 rings (SSSR count). The number of methoxy groups -OCH3 is 1. The normalized spacial score (nSPS) is 28.1. The average molecular weight is 288 g/mol. The van der Waals surface area contributed by atoms with Gasteiger partial charge in [-0.1, -0.05) is 20.8 Å². The Labute approximate surface area is 121 Å². The smallest absolute Gasteiger partial charge is 0.413 e. The molecule has 0 bridgehead atoms. The molecule has 0 spiro atoms. The van der Waals surface area contributed by atoms with E-state index in [4.69, 9.17) is 10.8 Å². The number of hydrogen-bond acceptors (Lipinski definition) is 5. The second-order valence-electron chi connectivity index (χ2n) is 6.82. The summed E-state index contributed by atoms with van der Waals surface area (Å²) in [6.07, 6.45) is -1.51. The van der Waals surface area contributed by atoms with E-state index in [2.05, 4.69) is 4.74 Å². The number of nitrogens with zero attached hydrogens (tertiary/aromatic N) is 1. The van der Waals surface area contributed by atoms with Crippen LogP contribution >= 0.6 is 0 Å². The molecule has 1 aliphatic heterocycles. The van der Waals surface area contributed by atoms with Crippen molar-refractivity contribution in [3.8, 4) is 0 Å². The molecule has 1 heterocycles. The van der Waals surface area contributed by atoms with E-state index in [-0.39, 0.29) is 6.61 Å². The molecule has 0 aromatic carbocycles. The van der Waals surface area contributed by atoms with E-state index in [9.17, 15) is 9.59 Å². The summed E-state index contributed by atoms with van der Waals surface area (Å²) >= 11 is 0. The van der Waals surface area contributed by atoms with Crippen molar-refractivity contribution in [3.63, 3.8) is 0 Å². The van der Waals surface area contributed by atoms with Gasteiger partial charge in [-0.15, -0.1) is 0 Å². The summed E-state index contributed by atoms with van der Waals surface area (Å²) in [5.74, 6) is -0.847. The third-order valence-corrected chi connectivity index (χ3v) is 2.66. The van der Waals surface area contributed by atoms with Gasteiger partial charge in [0.2, 0.25) is 0 Å². The molecule has 0 unspecified atom stereocenters. The van der Waals surface area contributed by atoms with Crippen LogP contribution in [-0.2, 0) is 19.0 Å². The Bertz CT molecular complexity index is 426. The molecular weight excluding hydrogens is 262 g/mol. The van der Waals surface area contributed by atoms with Crippen LogP contribution < -0.4 is 0 Å². The van der Waals surface area contributed by atoms with E-state index in [0.29, 0.717) is 0 Å². The fourth-order valence-corrected chi connectivity index (χ4v) is 1.87. The molecule has 1 amide bonds. The number of rotatable bonds is 1. The van der Waals surface area contributed by atoms with Crippen LogP contribution in [0.2, 0.25) is 0 Å². The molecule has 2 atom stereocenters. The molecule has 1 aliphatic rings. The Morgan fingerprint density at radius 1 is 1.25 bits per heavy atom. The van der Waals surface area contributed by atoms with Crippen LogP contribution in [0.4, 0.5) is 4.79 Å². The van der Waals surface area contributed by atoms with Crippen molar-refractivity contribution in [2.75, 3.05) is 13.7 Å². The Morgan fingerprint density at radius 3 is 2.20 bits per heavy atom. The molecular formula is C14H25NO5. The van der Waals surface area contributed by atoms with Gasteiger partial charge in [-0.2, -0.15) is 0 Å². The minimum Gasteiger partial charge on any atom is -0.467 e. The van der Waals surface area contributed by atoms with Crippen LogP contribution in [0.3, 0.4) is 0 Å². The zero-order valence-corrected chi connectivity index (χ0v) is 13.3. The largest absolute Gasteiger partial charge is 0.467 e. The minimum atomic E-state index is -1.94. The van der Waals surface area contributed by atoms with Crippen LogP contribution in [0.15, 0.2) is 0 Å². The summed E-state index contributed by atoms with van der Waals surface area (Å²) in [6, 6.07) is -1.94. The van der Waals surface area contributed by atoms with Gasteiger partial charge >= 0.3 is 12.1 Å². The lowest BCUT2D eigenvalue weighted by atomic mass is 9.93. The van der Waals surface area contributed by atoms with E-state index in [1.165, 1.54) is 7.11 Å². The van der Waals surface area contributed by atoms with E-state index < -0.39 is 35.3 Å². The van der Waals surface area contributed by atoms with Crippen molar-refractivity contribution in [2.45, 2.75) is 59.4 Å². The maximum Gasteiger partial charge on any atom is 0.413 e. The van der Waals surface area contributed by atoms with Crippen LogP contribution in [0, 0.1) is 5.41 Å². The summed E-state index contributed by atoms with van der Waals surface area (Å²) in [5, 5.41) is 0. The Morgan fingerprint density at radius 2 is 1.80 bits per heavy atom. The fourth-order valence-electron chi connectivity index (χ4n) is 1.87. The highest BCUT2D eigenvalue weighted by Gasteiger charge is 2.48. The van der Waals surface area contributed by atoms with Gasteiger partial charge in [-0.25, -0.2) is 9.59 Å². The van der Waals surface area contributed by atoms with E-state index in [0.717, 1.165) is 4.90 Å². The van der Waals surface area contributed by atoms with Gasteiger partial charge in [-0.05, 0) is 20.8 Å². The Hall–Kier alpha value is -1.30. The van der Waals surface area contributed by atoms with Crippen LogP contribution in [0.25, 0.3) is 0 Å². The lowest BCUT2D eigenvalue weighted by Gasteiger charge is -2.35. The quantitative estimate of drug-likeness (QED) is 0.692. The monoisotopic (exact) mass is 288 g/mol. The average Bonchev–Trinajstić information content (AvgIpc) is 2.64. The molecule has 1 fully saturated rings. The highest BCUT2D eigenvalue weighted by molar-refractivity contribution is 5.82. The first kappa shape index (κ1) is 15.1. The predicted molar refractivity (Wildman–Crippen MR) is 73.1 cm³/mol. The maximum atomic E-state index is 12.4. The molecule has 0 radical (unpaired) electrons. The Balaban J connectivity index is 3.19. The molecule has 0 aliphatic carbocycles. The van der Waals surface area contributed by atoms with Crippen LogP contribution in [-0.4, -0.2) is 48.5 Å². The summed E-state index contributed by atoms with van der Waals surface area (Å²) in [4.78, 5) is 25.4. The van der Waals surface area contributed by atoms with Crippen molar-refractivity contribution < 1.29 is 25.2 Å². The van der Waals surface area contributed by atoms with E-state index in [1.807, 2.05) is 20.8 Å². The second-order valence-corrected chi connectivity index (χ2v) is 6.82. The van der Waals surface area contributed by atoms with Gasteiger partial charge in [0.05, 0.1) is 15.1 Å². The number of carbonyl (C=O) groups excluding carboxylic acids is 2. The van der Waals surface area contributed by atoms with Crippen molar-refractivity contribution in [1.29, 1.82) is 0 Å². The summed E-state index contributed by atoms with van der Waals surface area (Å²) in [6.45, 7) is 10.5. The molecule has 1 saturated heterocycles. The van der Waals surface area contributed by atoms with Gasteiger partial charge in [0.15, 0.2) is 6.02 Å². The highest BCUT2D eigenvalue weighted by Crippen LogP contribution is 2.33. The molecule has 6 heteroatoms. The first-order chi connectivity index (χ1) is 9.33. The number of ether oxygens (including phenoxy) is 3. The standard InChI is InChI=1S/C14H25NO5/c1-13(2,3)11-15(12(17)20-14(4,5)6)9(8-19-11)10(16)18-7/h9,11H,8H2,1-7H3/t9-,11+/m1/s1/i9D. The lowest BCUT2D eigenvalue weighted by Crippen LogP contribution is -2.51. The topological polar surface area (TPSA) is 65.1 Å². The summed E-state index contributed by atoms with van der Waals surface area (Å²) < 4.78 is 23.8. The molecule has 6 nitrogen and oxygen atoms in total. The van der Waals surface area contributed by atoms with Crippen molar-refractivity contribution in [2.24, 2.45) is 5.41 Å². The van der Waals surface area contributed by atoms with Gasteiger partial charge in [0.25, 0.3) is 0 Å². The number of hydrogen-bond donors (Lipinski definition) is 0. The van der Waals surface area contributed by atoms with E-state index >= 15 is 0 Å². The third kappa shape index (κ3) is 3.85. The van der Waals surface area contributed by atoms with Gasteiger partial charge in [-0.3, -0.25) is 4.90 Å². The molecule has 116 valence electrons. The van der Waals surface area contributed by atoms with E-state index in [1.54, 1.807) is 20.8 Å². The lowest BCUT2D eigenvalue weighted by molar-refractivity contribution is -0.146. The molecule has 0 aromatic rings. The first-order valence-electron chi connectivity index (χ1n) is 7.05. The second kappa shape index (κ2) is 5.60. The number of amides is 1. The third-order valence-electron chi connectivity index (χ3n) is 2.66. The SMILES string of the molecule is [2H][C@]1(C(=O)OC)CO[C@@H](C(C)(C)C)N1C(=O)OC(C)(C)C. The van der Waals surface area contributed by atoms with Gasteiger partial charge in [0, 0.05) is 5.41 Å². The number of esters is 1. The molecule has 0 N–H and O–H groups in total. The first-order valence-corrected chi connectivity index (χ1v) is 6.55. The Kier molecular flexibility index (Phi) is 4.22. The fraction of sp³-hybridized carbons (Fsp3) is 0.857. The molecule has 0 saturated carbocycles. The summed E-state index contributed by atoms with van der Waals surface area (Å²) in [7, 11) is 1.18. The minimum absolute atomic E-state index is 0.249. The maximum absolute atomic E-state index is 12.4. The molecule has 20 heavy (non-hydrogen) atoms. The van der Waals surface area contributed by atoms with Crippen molar-refractivity contribution in [3.05, 3.63) is 0 Å². The van der Waals surface area contributed by atoms with Crippen molar-refractivity contribution in [1.82, 2.24) is 4.90 Å². The molecule has 0 aromatic heterocycles.